The Labute approximate surface area is 130 Å². The normalized spacial score (nSPS) is 51.1. The van der Waals surface area contributed by atoms with E-state index in [1.54, 1.807) is 0 Å². The van der Waals surface area contributed by atoms with E-state index in [1.165, 1.54) is 0 Å². The SMILES string of the molecule is OC[C@@H]1O[C@H](O[C@@H]2[C@H](CO)O[C@](O)(CO)[C@@H]2O)[C@H](O)[C@H](O)[C@@H]1O. The molecule has 8 N–H and O–H groups in total. The Hall–Kier alpha value is -0.440. The van der Waals surface area contributed by atoms with Gasteiger partial charge in [-0.3, -0.25) is 0 Å². The van der Waals surface area contributed by atoms with Gasteiger partial charge in [0, 0.05) is 0 Å². The molecule has 0 radical (unpaired) electrons. The van der Waals surface area contributed by atoms with Crippen molar-refractivity contribution in [2.75, 3.05) is 19.8 Å². The highest BCUT2D eigenvalue weighted by Crippen LogP contribution is 2.33. The third kappa shape index (κ3) is 3.36. The molecule has 2 fully saturated rings. The lowest BCUT2D eigenvalue weighted by atomic mass is 9.99. The molecule has 11 nitrogen and oxygen atoms in total. The molecule has 0 aromatic rings. The molecule has 23 heavy (non-hydrogen) atoms. The van der Waals surface area contributed by atoms with E-state index < -0.39 is 74.6 Å². The third-order valence-corrected chi connectivity index (χ3v) is 4.04. The van der Waals surface area contributed by atoms with Crippen molar-refractivity contribution in [2.24, 2.45) is 0 Å². The highest BCUT2D eigenvalue weighted by molar-refractivity contribution is 4.98. The summed E-state index contributed by atoms with van der Waals surface area (Å²) in [5.41, 5.74) is 0. The second-order valence-corrected chi connectivity index (χ2v) is 5.58. The number of aliphatic hydroxyl groups excluding tert-OH is 7. The number of rotatable bonds is 5. The summed E-state index contributed by atoms with van der Waals surface area (Å²) in [5, 5.41) is 76.5. The predicted octanol–water partition coefficient (Wildman–Crippen LogP) is -5.40. The Morgan fingerprint density at radius 3 is 2.00 bits per heavy atom. The minimum absolute atomic E-state index is 0.668. The van der Waals surface area contributed by atoms with Crippen molar-refractivity contribution in [1.82, 2.24) is 0 Å². The summed E-state index contributed by atoms with van der Waals surface area (Å²) in [6, 6.07) is 0. The van der Waals surface area contributed by atoms with Crippen molar-refractivity contribution in [2.45, 2.75) is 54.8 Å². The first-order valence-electron chi connectivity index (χ1n) is 7.05. The molecule has 0 saturated carbocycles. The summed E-state index contributed by atoms with van der Waals surface area (Å²) in [6.07, 6.45) is -12.2. The molecule has 2 saturated heterocycles. The molecule has 11 heteroatoms. The Balaban J connectivity index is 2.13. The van der Waals surface area contributed by atoms with E-state index >= 15 is 0 Å². The van der Waals surface area contributed by atoms with E-state index in [2.05, 4.69) is 0 Å². The minimum Gasteiger partial charge on any atom is -0.394 e. The van der Waals surface area contributed by atoms with Crippen LogP contribution in [-0.4, -0.2) is 115 Å². The Kier molecular flexibility index (Phi) is 5.92. The van der Waals surface area contributed by atoms with Crippen LogP contribution in [0.1, 0.15) is 0 Å². The van der Waals surface area contributed by atoms with Crippen LogP contribution in [0.25, 0.3) is 0 Å². The van der Waals surface area contributed by atoms with Crippen LogP contribution >= 0.6 is 0 Å². The van der Waals surface area contributed by atoms with Crippen molar-refractivity contribution in [3.8, 4) is 0 Å². The largest absolute Gasteiger partial charge is 0.394 e. The van der Waals surface area contributed by atoms with Gasteiger partial charge in [0.15, 0.2) is 6.29 Å². The van der Waals surface area contributed by atoms with Crippen LogP contribution in [0.3, 0.4) is 0 Å². The number of hydrogen-bond acceptors (Lipinski definition) is 11. The molecule has 0 bridgehead atoms. The zero-order valence-corrected chi connectivity index (χ0v) is 12.0. The smallest absolute Gasteiger partial charge is 0.219 e. The van der Waals surface area contributed by atoms with E-state index in [0.29, 0.717) is 0 Å². The van der Waals surface area contributed by atoms with Crippen LogP contribution in [0.2, 0.25) is 0 Å². The quantitative estimate of drug-likeness (QED) is 0.238. The molecule has 0 aromatic carbocycles. The van der Waals surface area contributed by atoms with Gasteiger partial charge in [0.2, 0.25) is 5.79 Å². The molecule has 2 aliphatic rings. The summed E-state index contributed by atoms with van der Waals surface area (Å²) in [5.74, 6) is -2.37. The average Bonchev–Trinajstić information content (AvgIpc) is 2.80. The fraction of sp³-hybridized carbons (Fsp3) is 1.00. The lowest BCUT2D eigenvalue weighted by molar-refractivity contribution is -0.318. The number of hydrogen-bond donors (Lipinski definition) is 8. The summed E-state index contributed by atoms with van der Waals surface area (Å²) in [7, 11) is 0. The van der Waals surface area contributed by atoms with Crippen molar-refractivity contribution in [3.05, 3.63) is 0 Å². The van der Waals surface area contributed by atoms with Gasteiger partial charge >= 0.3 is 0 Å². The standard InChI is InChI=1S/C12H22O11/c13-1-4-6(16)7(17)8(18)11(21-4)22-9-5(2-14)23-12(20,3-15)10(9)19/h4-11,13-20H,1-3H2/t4-,5-,6+,7+,8+,9+,10+,11+,12+/m0/s1. The van der Waals surface area contributed by atoms with Gasteiger partial charge in [0.25, 0.3) is 0 Å². The van der Waals surface area contributed by atoms with Crippen LogP contribution in [0.15, 0.2) is 0 Å². The third-order valence-electron chi connectivity index (χ3n) is 4.04. The van der Waals surface area contributed by atoms with Gasteiger partial charge in [-0.1, -0.05) is 0 Å². The van der Waals surface area contributed by atoms with E-state index in [4.69, 9.17) is 24.4 Å². The topological polar surface area (TPSA) is 190 Å². The van der Waals surface area contributed by atoms with Gasteiger partial charge < -0.3 is 55.1 Å². The van der Waals surface area contributed by atoms with E-state index in [1.807, 2.05) is 0 Å². The highest BCUT2D eigenvalue weighted by atomic mass is 16.7. The fourth-order valence-corrected chi connectivity index (χ4v) is 2.63. The molecule has 0 unspecified atom stereocenters. The average molecular weight is 342 g/mol. The van der Waals surface area contributed by atoms with Crippen LogP contribution in [0.5, 0.6) is 0 Å². The molecule has 0 amide bonds. The molecular formula is C12H22O11. The molecule has 0 aromatic heterocycles. The Bertz CT molecular complexity index is 393. The zero-order chi connectivity index (χ0) is 17.4. The van der Waals surface area contributed by atoms with Crippen LogP contribution < -0.4 is 0 Å². The molecule has 0 aliphatic carbocycles. The van der Waals surface area contributed by atoms with Gasteiger partial charge in [0.1, 0.15) is 42.7 Å². The van der Waals surface area contributed by atoms with Crippen LogP contribution in [0.4, 0.5) is 0 Å². The lowest BCUT2D eigenvalue weighted by Crippen LogP contribution is -2.60. The van der Waals surface area contributed by atoms with E-state index in [-0.39, 0.29) is 0 Å². The van der Waals surface area contributed by atoms with Crippen LogP contribution in [0, 0.1) is 0 Å². The molecule has 2 aliphatic heterocycles. The van der Waals surface area contributed by atoms with Crippen molar-refractivity contribution < 1.29 is 55.1 Å². The highest BCUT2D eigenvalue weighted by Gasteiger charge is 2.56. The summed E-state index contributed by atoms with van der Waals surface area (Å²) >= 11 is 0. The molecule has 136 valence electrons. The summed E-state index contributed by atoms with van der Waals surface area (Å²) < 4.78 is 15.3. The monoisotopic (exact) mass is 342 g/mol. The maximum atomic E-state index is 10.00. The van der Waals surface area contributed by atoms with Crippen molar-refractivity contribution in [3.63, 3.8) is 0 Å². The van der Waals surface area contributed by atoms with Gasteiger partial charge in [0.05, 0.1) is 19.8 Å². The van der Waals surface area contributed by atoms with Gasteiger partial charge in [-0.05, 0) is 0 Å². The first kappa shape index (κ1) is 18.9. The first-order valence-corrected chi connectivity index (χ1v) is 7.05. The first-order chi connectivity index (χ1) is 10.8. The predicted molar refractivity (Wildman–Crippen MR) is 68.6 cm³/mol. The fourth-order valence-electron chi connectivity index (χ4n) is 2.63. The second kappa shape index (κ2) is 7.21. The maximum Gasteiger partial charge on any atom is 0.219 e. The van der Waals surface area contributed by atoms with Crippen LogP contribution in [-0.2, 0) is 14.2 Å². The van der Waals surface area contributed by atoms with Gasteiger partial charge in [-0.15, -0.1) is 0 Å². The van der Waals surface area contributed by atoms with Gasteiger partial charge in [-0.2, -0.15) is 0 Å². The van der Waals surface area contributed by atoms with E-state index in [0.717, 1.165) is 0 Å². The molecular weight excluding hydrogens is 320 g/mol. The minimum atomic E-state index is -2.37. The van der Waals surface area contributed by atoms with Crippen molar-refractivity contribution in [1.29, 1.82) is 0 Å². The molecule has 0 spiro atoms. The molecule has 2 heterocycles. The van der Waals surface area contributed by atoms with Crippen molar-refractivity contribution >= 4 is 0 Å². The zero-order valence-electron chi connectivity index (χ0n) is 12.0. The Morgan fingerprint density at radius 2 is 1.48 bits per heavy atom. The lowest BCUT2D eigenvalue weighted by Gasteiger charge is -2.41. The summed E-state index contributed by atoms with van der Waals surface area (Å²) in [4.78, 5) is 0. The molecule has 9 atom stereocenters. The number of ether oxygens (including phenoxy) is 3. The maximum absolute atomic E-state index is 10.00. The number of aliphatic hydroxyl groups is 8. The second-order valence-electron chi connectivity index (χ2n) is 5.58. The van der Waals surface area contributed by atoms with Gasteiger partial charge in [-0.25, -0.2) is 0 Å². The van der Waals surface area contributed by atoms with E-state index in [9.17, 15) is 30.6 Å². The Morgan fingerprint density at radius 1 is 0.870 bits per heavy atom. The molecule has 2 rings (SSSR count). The summed E-state index contributed by atoms with van der Waals surface area (Å²) in [6.45, 7) is -2.32.